The van der Waals surface area contributed by atoms with Gasteiger partial charge in [-0.15, -0.1) is 0 Å². The third-order valence-electron chi connectivity index (χ3n) is 7.60. The van der Waals surface area contributed by atoms with Gasteiger partial charge >= 0.3 is 5.97 Å². The van der Waals surface area contributed by atoms with Crippen LogP contribution >= 0.6 is 0 Å². The summed E-state index contributed by atoms with van der Waals surface area (Å²) >= 11 is 0. The second-order valence-electron chi connectivity index (χ2n) is 9.96. The van der Waals surface area contributed by atoms with Crippen LogP contribution < -0.4 is 19.5 Å². The molecule has 3 aromatic rings. The Balaban J connectivity index is 1.55. The van der Waals surface area contributed by atoms with E-state index in [1.54, 1.807) is 27.4 Å². The standard InChI is InChI=1S/C33H33NO6/c1-20-30(33(36)40-19-21-8-6-5-7-9-21)31(26-15-14-25(38-3)18-29(26)39-4)32-27(34-20)16-23(17-28(32)35)22-10-12-24(37-2)13-11-22/h5-15,18,23,31,34H,16-17,19H2,1-4H3/t23-,31-/m1/s1. The lowest BCUT2D eigenvalue weighted by atomic mass is 9.71. The number of benzene rings is 3. The molecule has 1 aliphatic heterocycles. The molecule has 1 aliphatic carbocycles. The monoisotopic (exact) mass is 539 g/mol. The molecule has 7 heteroatoms. The molecular weight excluding hydrogens is 506 g/mol. The molecule has 1 N–H and O–H groups in total. The van der Waals surface area contributed by atoms with E-state index in [-0.39, 0.29) is 18.3 Å². The highest BCUT2D eigenvalue weighted by Gasteiger charge is 2.42. The fourth-order valence-electron chi connectivity index (χ4n) is 5.59. The van der Waals surface area contributed by atoms with E-state index in [9.17, 15) is 9.59 Å². The highest BCUT2D eigenvalue weighted by molar-refractivity contribution is 6.04. The van der Waals surface area contributed by atoms with Crippen molar-refractivity contribution in [3.05, 3.63) is 112 Å². The number of esters is 1. The molecule has 2 atom stereocenters. The predicted molar refractivity (Wildman–Crippen MR) is 151 cm³/mol. The van der Waals surface area contributed by atoms with Crippen molar-refractivity contribution in [2.24, 2.45) is 0 Å². The van der Waals surface area contributed by atoms with Gasteiger partial charge in [-0.05, 0) is 48.6 Å². The number of allylic oxidation sites excluding steroid dienone is 3. The number of carbonyl (C=O) groups excluding carboxylic acids is 2. The third-order valence-corrected chi connectivity index (χ3v) is 7.60. The molecule has 7 nitrogen and oxygen atoms in total. The number of hydrogen-bond donors (Lipinski definition) is 1. The Morgan fingerprint density at radius 2 is 1.57 bits per heavy atom. The van der Waals surface area contributed by atoms with E-state index >= 15 is 0 Å². The maximum absolute atomic E-state index is 13.9. The van der Waals surface area contributed by atoms with E-state index in [0.717, 1.165) is 22.6 Å². The van der Waals surface area contributed by atoms with Crippen LogP contribution in [0.25, 0.3) is 0 Å². The molecule has 2 aliphatic rings. The summed E-state index contributed by atoms with van der Waals surface area (Å²) in [6.07, 6.45) is 0.958. The molecule has 0 fully saturated rings. The first-order valence-corrected chi connectivity index (χ1v) is 13.2. The Morgan fingerprint density at radius 3 is 2.25 bits per heavy atom. The summed E-state index contributed by atoms with van der Waals surface area (Å²) in [5.41, 5.74) is 5.10. The van der Waals surface area contributed by atoms with Gasteiger partial charge in [-0.1, -0.05) is 48.5 Å². The van der Waals surface area contributed by atoms with Crippen LogP contribution in [0.5, 0.6) is 17.2 Å². The largest absolute Gasteiger partial charge is 0.497 e. The Hall–Kier alpha value is -4.52. The van der Waals surface area contributed by atoms with E-state index in [0.29, 0.717) is 46.7 Å². The van der Waals surface area contributed by atoms with E-state index in [2.05, 4.69) is 5.32 Å². The minimum Gasteiger partial charge on any atom is -0.497 e. The van der Waals surface area contributed by atoms with Crippen molar-refractivity contribution in [2.75, 3.05) is 21.3 Å². The Kier molecular flexibility index (Phi) is 7.91. The molecule has 0 saturated heterocycles. The normalized spacial score (nSPS) is 18.6. The van der Waals surface area contributed by atoms with Crippen LogP contribution in [-0.2, 0) is 20.9 Å². The fourth-order valence-corrected chi connectivity index (χ4v) is 5.59. The molecule has 0 saturated carbocycles. The molecule has 0 aromatic heterocycles. The van der Waals surface area contributed by atoms with E-state index < -0.39 is 11.9 Å². The van der Waals surface area contributed by atoms with Gasteiger partial charge < -0.3 is 24.3 Å². The van der Waals surface area contributed by atoms with Crippen LogP contribution in [0.4, 0.5) is 0 Å². The van der Waals surface area contributed by atoms with Gasteiger partial charge in [0.15, 0.2) is 5.78 Å². The molecule has 1 heterocycles. The molecule has 206 valence electrons. The maximum atomic E-state index is 13.9. The number of ether oxygens (including phenoxy) is 4. The highest BCUT2D eigenvalue weighted by atomic mass is 16.5. The van der Waals surface area contributed by atoms with Crippen LogP contribution in [-0.4, -0.2) is 33.1 Å². The quantitative estimate of drug-likeness (QED) is 0.361. The van der Waals surface area contributed by atoms with Crippen molar-refractivity contribution in [1.82, 2.24) is 5.32 Å². The predicted octanol–water partition coefficient (Wildman–Crippen LogP) is 5.82. The second kappa shape index (κ2) is 11.7. The molecule has 0 amide bonds. The van der Waals surface area contributed by atoms with E-state index in [1.807, 2.05) is 73.7 Å². The zero-order valence-corrected chi connectivity index (χ0v) is 23.2. The number of dihydropyridines is 1. The summed E-state index contributed by atoms with van der Waals surface area (Å²) in [7, 11) is 4.79. The van der Waals surface area contributed by atoms with Crippen molar-refractivity contribution in [3.63, 3.8) is 0 Å². The van der Waals surface area contributed by atoms with Crippen molar-refractivity contribution in [2.45, 2.75) is 38.2 Å². The number of Topliss-reactive ketones (excluding diaryl/α,β-unsaturated/α-hetero) is 1. The average Bonchev–Trinajstić information content (AvgIpc) is 2.99. The number of nitrogens with one attached hydrogen (secondary N) is 1. The van der Waals surface area contributed by atoms with Gasteiger partial charge in [0.1, 0.15) is 23.9 Å². The number of methoxy groups -OCH3 is 3. The van der Waals surface area contributed by atoms with Gasteiger partial charge in [0.05, 0.1) is 32.8 Å². The van der Waals surface area contributed by atoms with Crippen LogP contribution in [0.2, 0.25) is 0 Å². The smallest absolute Gasteiger partial charge is 0.337 e. The molecule has 3 aromatic carbocycles. The molecule has 5 rings (SSSR count). The van der Waals surface area contributed by atoms with E-state index in [1.165, 1.54) is 0 Å². The van der Waals surface area contributed by atoms with Gasteiger partial charge in [0, 0.05) is 35.0 Å². The first-order valence-electron chi connectivity index (χ1n) is 13.2. The molecule has 0 spiro atoms. The maximum Gasteiger partial charge on any atom is 0.337 e. The first kappa shape index (κ1) is 27.1. The number of rotatable bonds is 8. The van der Waals surface area contributed by atoms with Crippen LogP contribution in [0.3, 0.4) is 0 Å². The minimum absolute atomic E-state index is 0.00227. The van der Waals surface area contributed by atoms with Crippen LogP contribution in [0.1, 0.15) is 48.3 Å². The lowest BCUT2D eigenvalue weighted by Crippen LogP contribution is -2.36. The number of hydrogen-bond acceptors (Lipinski definition) is 7. The molecule has 0 unspecified atom stereocenters. The number of carbonyl (C=O) groups is 2. The lowest BCUT2D eigenvalue weighted by Gasteiger charge is -2.37. The molecule has 40 heavy (non-hydrogen) atoms. The zero-order valence-electron chi connectivity index (χ0n) is 23.2. The summed E-state index contributed by atoms with van der Waals surface area (Å²) in [5.74, 6) is 0.779. The van der Waals surface area contributed by atoms with Gasteiger partial charge in [0.25, 0.3) is 0 Å². The van der Waals surface area contributed by atoms with Crippen LogP contribution in [0, 0.1) is 0 Å². The second-order valence-corrected chi connectivity index (χ2v) is 9.96. The van der Waals surface area contributed by atoms with Crippen LogP contribution in [0.15, 0.2) is 95.3 Å². The Bertz CT molecular complexity index is 1470. The van der Waals surface area contributed by atoms with Crippen molar-refractivity contribution >= 4 is 11.8 Å². The van der Waals surface area contributed by atoms with Gasteiger partial charge in [-0.3, -0.25) is 4.79 Å². The molecular formula is C33H33NO6. The lowest BCUT2D eigenvalue weighted by molar-refractivity contribution is -0.140. The zero-order chi connectivity index (χ0) is 28.2. The SMILES string of the molecule is COc1ccc([C@H]2CC(=O)C3=C(C2)NC(C)=C(C(=O)OCc2ccccc2)[C@H]3c2ccc(OC)cc2OC)cc1. The first-order chi connectivity index (χ1) is 19.4. The summed E-state index contributed by atoms with van der Waals surface area (Å²) in [6.45, 7) is 1.98. The summed E-state index contributed by atoms with van der Waals surface area (Å²) in [4.78, 5) is 27.6. The average molecular weight is 540 g/mol. The Morgan fingerprint density at radius 1 is 0.875 bits per heavy atom. The fraction of sp³-hybridized carbons (Fsp3) is 0.273. The number of ketones is 1. The topological polar surface area (TPSA) is 83.1 Å². The molecule has 0 bridgehead atoms. The van der Waals surface area contributed by atoms with Gasteiger partial charge in [0.2, 0.25) is 0 Å². The van der Waals surface area contributed by atoms with Crippen molar-refractivity contribution in [1.29, 1.82) is 0 Å². The molecule has 0 radical (unpaired) electrons. The summed E-state index contributed by atoms with van der Waals surface area (Å²) in [6, 6.07) is 22.8. The van der Waals surface area contributed by atoms with Gasteiger partial charge in [-0.25, -0.2) is 4.79 Å². The highest BCUT2D eigenvalue weighted by Crippen LogP contribution is 2.48. The summed E-state index contributed by atoms with van der Waals surface area (Å²) in [5, 5.41) is 3.41. The third kappa shape index (κ3) is 5.32. The van der Waals surface area contributed by atoms with Crippen molar-refractivity contribution in [3.8, 4) is 17.2 Å². The van der Waals surface area contributed by atoms with E-state index in [4.69, 9.17) is 18.9 Å². The van der Waals surface area contributed by atoms with Crippen molar-refractivity contribution < 1.29 is 28.5 Å². The van der Waals surface area contributed by atoms with Gasteiger partial charge in [-0.2, -0.15) is 0 Å². The summed E-state index contributed by atoms with van der Waals surface area (Å²) < 4.78 is 22.2. The minimum atomic E-state index is -0.648. The Labute approximate surface area is 234 Å².